The van der Waals surface area contributed by atoms with Crippen LogP contribution < -0.4 is 0 Å². The van der Waals surface area contributed by atoms with Crippen LogP contribution in [0.4, 0.5) is 5.69 Å². The monoisotopic (exact) mass is 218 g/mol. The zero-order valence-electron chi connectivity index (χ0n) is 10.0. The third kappa shape index (κ3) is 1.28. The summed E-state index contributed by atoms with van der Waals surface area (Å²) < 4.78 is 2.13. The van der Waals surface area contributed by atoms with Gasteiger partial charge in [-0.1, -0.05) is 0 Å². The highest BCUT2D eigenvalue weighted by atomic mass is 16.4. The second-order valence-corrected chi connectivity index (χ2v) is 4.81. The summed E-state index contributed by atoms with van der Waals surface area (Å²) in [5.41, 5.74) is 3.70. The smallest absolute Gasteiger partial charge is 0.335 e. The van der Waals surface area contributed by atoms with Crippen molar-refractivity contribution in [2.75, 3.05) is 7.05 Å². The van der Waals surface area contributed by atoms with Gasteiger partial charge in [-0.15, -0.1) is 0 Å². The summed E-state index contributed by atoms with van der Waals surface area (Å²) in [7, 11) is 2.02. The first-order valence-corrected chi connectivity index (χ1v) is 5.31. The molecular weight excluding hydrogens is 202 g/mol. The molecule has 84 valence electrons. The molecule has 0 saturated heterocycles. The second-order valence-electron chi connectivity index (χ2n) is 4.81. The van der Waals surface area contributed by atoms with E-state index in [9.17, 15) is 4.79 Å². The van der Waals surface area contributed by atoms with Crippen molar-refractivity contribution >= 4 is 17.4 Å². The number of carboxylic acid groups (broad SMARTS) is 1. The van der Waals surface area contributed by atoms with Crippen molar-refractivity contribution in [1.82, 2.24) is 0 Å². The normalized spacial score (nSPS) is 17.5. The Labute approximate surface area is 95.0 Å². The molecule has 1 aliphatic heterocycles. The fourth-order valence-electron chi connectivity index (χ4n) is 2.26. The van der Waals surface area contributed by atoms with Gasteiger partial charge in [0.15, 0.2) is 5.71 Å². The molecule has 0 aromatic heterocycles. The minimum absolute atomic E-state index is 0.0878. The van der Waals surface area contributed by atoms with Crippen molar-refractivity contribution in [1.29, 1.82) is 0 Å². The van der Waals surface area contributed by atoms with Gasteiger partial charge in [0.1, 0.15) is 7.05 Å². The summed E-state index contributed by atoms with van der Waals surface area (Å²) in [5.74, 6) is -0.870. The van der Waals surface area contributed by atoms with Crippen molar-refractivity contribution in [2.24, 2.45) is 0 Å². The Morgan fingerprint density at radius 2 is 2.00 bits per heavy atom. The van der Waals surface area contributed by atoms with Gasteiger partial charge in [0.05, 0.1) is 11.0 Å². The van der Waals surface area contributed by atoms with E-state index in [0.29, 0.717) is 5.56 Å². The Balaban J connectivity index is 2.67. The molecule has 1 heterocycles. The molecule has 3 nitrogen and oxygen atoms in total. The van der Waals surface area contributed by atoms with E-state index < -0.39 is 5.97 Å². The maximum Gasteiger partial charge on any atom is 0.335 e. The number of hydrogen-bond donors (Lipinski definition) is 1. The van der Waals surface area contributed by atoms with Crippen LogP contribution in [0.3, 0.4) is 0 Å². The van der Waals surface area contributed by atoms with Crippen LogP contribution >= 0.6 is 0 Å². The topological polar surface area (TPSA) is 40.3 Å². The zero-order chi connectivity index (χ0) is 12.1. The Bertz CT molecular complexity index is 513. The lowest BCUT2D eigenvalue weighted by Gasteiger charge is -2.15. The van der Waals surface area contributed by atoms with E-state index >= 15 is 0 Å². The van der Waals surface area contributed by atoms with Crippen molar-refractivity contribution in [3.63, 3.8) is 0 Å². The van der Waals surface area contributed by atoms with Crippen molar-refractivity contribution in [3.05, 3.63) is 29.3 Å². The van der Waals surface area contributed by atoms with E-state index in [1.807, 2.05) is 13.1 Å². The summed E-state index contributed by atoms with van der Waals surface area (Å²) >= 11 is 0. The van der Waals surface area contributed by atoms with E-state index in [2.05, 4.69) is 25.3 Å². The van der Waals surface area contributed by atoms with E-state index in [1.165, 1.54) is 5.71 Å². The highest BCUT2D eigenvalue weighted by molar-refractivity contribution is 5.95. The molecule has 0 spiro atoms. The van der Waals surface area contributed by atoms with Gasteiger partial charge in [-0.05, 0) is 26.0 Å². The number of rotatable bonds is 1. The van der Waals surface area contributed by atoms with Crippen LogP contribution in [0.1, 0.15) is 36.7 Å². The van der Waals surface area contributed by atoms with Gasteiger partial charge in [-0.3, -0.25) is 0 Å². The number of benzene rings is 1. The van der Waals surface area contributed by atoms with Crippen LogP contribution in [0, 0.1) is 0 Å². The third-order valence-corrected chi connectivity index (χ3v) is 3.69. The molecule has 1 aliphatic rings. The van der Waals surface area contributed by atoms with E-state index in [4.69, 9.17) is 5.11 Å². The van der Waals surface area contributed by atoms with Crippen LogP contribution in [0.2, 0.25) is 0 Å². The molecule has 0 bridgehead atoms. The minimum Gasteiger partial charge on any atom is -0.478 e. The molecule has 2 rings (SSSR count). The fraction of sp³-hybridized carbons (Fsp3) is 0.385. The van der Waals surface area contributed by atoms with Crippen molar-refractivity contribution < 1.29 is 14.5 Å². The average molecular weight is 218 g/mol. The van der Waals surface area contributed by atoms with Gasteiger partial charge in [0, 0.05) is 18.6 Å². The zero-order valence-corrected chi connectivity index (χ0v) is 10.0. The average Bonchev–Trinajstić information content (AvgIpc) is 2.40. The fourth-order valence-corrected chi connectivity index (χ4v) is 2.26. The molecule has 1 aromatic rings. The van der Waals surface area contributed by atoms with Crippen molar-refractivity contribution in [2.45, 2.75) is 26.2 Å². The summed E-state index contributed by atoms with van der Waals surface area (Å²) in [6.45, 7) is 6.33. The van der Waals surface area contributed by atoms with E-state index in [0.717, 1.165) is 11.3 Å². The molecule has 0 fully saturated rings. The second kappa shape index (κ2) is 3.17. The van der Waals surface area contributed by atoms with Crippen LogP contribution in [0.15, 0.2) is 18.2 Å². The largest absolute Gasteiger partial charge is 0.478 e. The van der Waals surface area contributed by atoms with Crippen LogP contribution in [-0.4, -0.2) is 28.4 Å². The predicted molar refractivity (Wildman–Crippen MR) is 63.0 cm³/mol. The summed E-state index contributed by atoms with van der Waals surface area (Å²) in [6, 6.07) is 5.33. The van der Waals surface area contributed by atoms with Crippen LogP contribution in [0.25, 0.3) is 0 Å². The van der Waals surface area contributed by atoms with Gasteiger partial charge in [0.2, 0.25) is 5.69 Å². The molecule has 16 heavy (non-hydrogen) atoms. The van der Waals surface area contributed by atoms with Gasteiger partial charge in [-0.25, -0.2) is 9.37 Å². The number of aromatic carboxylic acids is 1. The SMILES string of the molecule is CC1=[N+](C)c2ccc(C(=O)O)cc2C1(C)C. The molecule has 1 N–H and O–H groups in total. The van der Waals surface area contributed by atoms with Crippen molar-refractivity contribution in [3.8, 4) is 0 Å². The maximum atomic E-state index is 11.0. The van der Waals surface area contributed by atoms with Crippen LogP contribution in [-0.2, 0) is 5.41 Å². The lowest BCUT2D eigenvalue weighted by atomic mass is 9.81. The Kier molecular flexibility index (Phi) is 2.15. The van der Waals surface area contributed by atoms with Gasteiger partial charge >= 0.3 is 5.97 Å². The molecular formula is C13H16NO2+. The number of carboxylic acids is 1. The first kappa shape index (κ1) is 10.9. The molecule has 3 heteroatoms. The summed E-state index contributed by atoms with van der Waals surface area (Å²) in [5, 5.41) is 9.00. The number of fused-ring (bicyclic) bond motifs is 1. The minimum atomic E-state index is -0.870. The highest BCUT2D eigenvalue weighted by Gasteiger charge is 2.41. The summed E-state index contributed by atoms with van der Waals surface area (Å²) in [6.07, 6.45) is 0. The number of nitrogens with zero attached hydrogens (tertiary/aromatic N) is 1. The molecule has 1 aromatic carbocycles. The summed E-state index contributed by atoms with van der Waals surface area (Å²) in [4.78, 5) is 11.0. The Morgan fingerprint density at radius 1 is 1.38 bits per heavy atom. The molecule has 0 unspecified atom stereocenters. The standard InChI is InChI=1S/C13H15NO2/c1-8-13(2,3)10-7-9(12(15)16)5-6-11(10)14(8)4/h5-7H,1-4H3/p+1. The quantitative estimate of drug-likeness (QED) is 0.735. The lowest BCUT2D eigenvalue weighted by Crippen LogP contribution is -2.25. The Morgan fingerprint density at radius 3 is 2.56 bits per heavy atom. The highest BCUT2D eigenvalue weighted by Crippen LogP contribution is 2.39. The molecule has 0 amide bonds. The number of hydrogen-bond acceptors (Lipinski definition) is 1. The number of carbonyl (C=O) groups is 1. The molecule has 0 radical (unpaired) electrons. The lowest BCUT2D eigenvalue weighted by molar-refractivity contribution is -0.403. The van der Waals surface area contributed by atoms with Crippen LogP contribution in [0.5, 0.6) is 0 Å². The van der Waals surface area contributed by atoms with E-state index in [-0.39, 0.29) is 5.41 Å². The first-order chi connectivity index (χ1) is 7.35. The maximum absolute atomic E-state index is 11.0. The van der Waals surface area contributed by atoms with Gasteiger partial charge in [0.25, 0.3) is 0 Å². The molecule has 0 atom stereocenters. The first-order valence-electron chi connectivity index (χ1n) is 5.31. The predicted octanol–water partition coefficient (Wildman–Crippen LogP) is 2.41. The molecule has 0 aliphatic carbocycles. The van der Waals surface area contributed by atoms with Gasteiger partial charge < -0.3 is 5.11 Å². The Hall–Kier alpha value is -1.64. The molecule has 0 saturated carbocycles. The third-order valence-electron chi connectivity index (χ3n) is 3.69. The van der Waals surface area contributed by atoms with Gasteiger partial charge in [-0.2, -0.15) is 0 Å². The van der Waals surface area contributed by atoms with E-state index in [1.54, 1.807) is 12.1 Å².